The Morgan fingerprint density at radius 3 is 2.41 bits per heavy atom. The molecule has 0 amide bonds. The summed E-state index contributed by atoms with van der Waals surface area (Å²) in [6.45, 7) is 0.880. The molecule has 0 unspecified atom stereocenters. The number of aromatic nitrogens is 2. The second-order valence-electron chi connectivity index (χ2n) is 5.05. The van der Waals surface area contributed by atoms with Crippen LogP contribution in [0, 0.1) is 0 Å². The van der Waals surface area contributed by atoms with Gasteiger partial charge >= 0.3 is 0 Å². The first kappa shape index (κ1) is 14.1. The molecule has 0 aliphatic heterocycles. The normalized spacial score (nSPS) is 10.2. The minimum atomic E-state index is 0.880. The Morgan fingerprint density at radius 1 is 0.909 bits per heavy atom. The molecule has 3 nitrogen and oxygen atoms in total. The minimum Gasteiger partial charge on any atom is -0.385 e. The highest BCUT2D eigenvalue weighted by Gasteiger charge is 2.02. The highest BCUT2D eigenvalue weighted by Crippen LogP contribution is 2.17. The van der Waals surface area contributed by atoms with Gasteiger partial charge in [-0.3, -0.25) is 4.98 Å². The summed E-state index contributed by atoms with van der Waals surface area (Å²) in [5.74, 6) is 0. The fraction of sp³-hybridized carbons (Fsp3) is 0.105. The smallest absolute Gasteiger partial charge is 0.0487 e. The van der Waals surface area contributed by atoms with E-state index in [9.17, 15) is 0 Å². The van der Waals surface area contributed by atoms with Crippen LogP contribution in [0.15, 0.2) is 79.3 Å². The minimum absolute atomic E-state index is 0.880. The third-order valence-corrected chi connectivity index (χ3v) is 3.51. The molecule has 0 aliphatic rings. The van der Waals surface area contributed by atoms with Gasteiger partial charge in [0.2, 0.25) is 0 Å². The van der Waals surface area contributed by atoms with Crippen LogP contribution in [0.25, 0.3) is 10.9 Å². The third kappa shape index (κ3) is 3.64. The molecule has 0 aliphatic carbocycles. The van der Waals surface area contributed by atoms with Crippen molar-refractivity contribution in [2.45, 2.75) is 6.42 Å². The van der Waals surface area contributed by atoms with Crippen LogP contribution >= 0.6 is 0 Å². The summed E-state index contributed by atoms with van der Waals surface area (Å²) in [7, 11) is 0. The van der Waals surface area contributed by atoms with Gasteiger partial charge in [-0.2, -0.15) is 0 Å². The number of nitrogens with one attached hydrogen (secondary N) is 2. The summed E-state index contributed by atoms with van der Waals surface area (Å²) in [6.07, 6.45) is 6.75. The first-order valence-corrected chi connectivity index (χ1v) is 7.46. The van der Waals surface area contributed by atoms with Crippen molar-refractivity contribution in [3.8, 4) is 0 Å². The quantitative estimate of drug-likeness (QED) is 0.750. The predicted octanol–water partition coefficient (Wildman–Crippen LogP) is 4.34. The molecule has 0 atom stereocenters. The van der Waals surface area contributed by atoms with Crippen molar-refractivity contribution in [2.24, 2.45) is 0 Å². The lowest BCUT2D eigenvalue weighted by Gasteiger charge is -2.04. The van der Waals surface area contributed by atoms with Crippen LogP contribution in [0.2, 0.25) is 0 Å². The van der Waals surface area contributed by atoms with Crippen molar-refractivity contribution in [1.82, 2.24) is 9.97 Å². The van der Waals surface area contributed by atoms with Crippen LogP contribution in [0.1, 0.15) is 5.56 Å². The predicted molar refractivity (Wildman–Crippen MR) is 92.4 cm³/mol. The Morgan fingerprint density at radius 2 is 1.64 bits per heavy atom. The van der Waals surface area contributed by atoms with Crippen LogP contribution < -0.4 is 5.32 Å². The number of hydrogen-bond acceptors (Lipinski definition) is 2. The standard InChI is InChI=1S/C19H19N3/c1-2-4-6-8-17(9-7-5-3-1)21-13-10-16-14-22-19-11-12-20-15-18(16)19/h1-9,11-12,14-15,21-22H,10,13H2. The van der Waals surface area contributed by atoms with Crippen molar-refractivity contribution in [3.05, 3.63) is 84.8 Å². The van der Waals surface area contributed by atoms with E-state index in [0.29, 0.717) is 0 Å². The summed E-state index contributed by atoms with van der Waals surface area (Å²) in [6, 6.07) is 20.3. The summed E-state index contributed by atoms with van der Waals surface area (Å²) >= 11 is 0. The van der Waals surface area contributed by atoms with E-state index in [2.05, 4.69) is 33.6 Å². The summed E-state index contributed by atoms with van der Waals surface area (Å²) in [5.41, 5.74) is 3.54. The van der Waals surface area contributed by atoms with Gasteiger partial charge in [0, 0.05) is 41.7 Å². The van der Waals surface area contributed by atoms with E-state index >= 15 is 0 Å². The van der Waals surface area contributed by atoms with Crippen LogP contribution in [0.4, 0.5) is 5.69 Å². The number of aromatic amines is 1. The van der Waals surface area contributed by atoms with Crippen molar-refractivity contribution in [3.63, 3.8) is 0 Å². The van der Waals surface area contributed by atoms with Crippen LogP contribution in [-0.4, -0.2) is 16.5 Å². The Bertz CT molecular complexity index is 766. The van der Waals surface area contributed by atoms with Crippen molar-refractivity contribution < 1.29 is 0 Å². The Labute approximate surface area is 130 Å². The van der Waals surface area contributed by atoms with Gasteiger partial charge in [-0.15, -0.1) is 0 Å². The topological polar surface area (TPSA) is 40.7 Å². The highest BCUT2D eigenvalue weighted by atomic mass is 14.9. The second kappa shape index (κ2) is 7.27. The van der Waals surface area contributed by atoms with Gasteiger partial charge in [-0.05, 0) is 30.2 Å². The Kier molecular flexibility index (Phi) is 4.67. The molecule has 3 heteroatoms. The molecular formula is C19H19N3. The van der Waals surface area contributed by atoms with Crippen molar-refractivity contribution >= 4 is 16.6 Å². The lowest BCUT2D eigenvalue weighted by Crippen LogP contribution is -2.03. The zero-order valence-corrected chi connectivity index (χ0v) is 12.4. The van der Waals surface area contributed by atoms with E-state index in [4.69, 9.17) is 0 Å². The molecule has 110 valence electrons. The number of pyridine rings is 1. The van der Waals surface area contributed by atoms with Crippen LogP contribution in [0.5, 0.6) is 0 Å². The fourth-order valence-corrected chi connectivity index (χ4v) is 2.38. The molecule has 0 bridgehead atoms. The first-order chi connectivity index (χ1) is 10.9. The molecule has 0 spiro atoms. The van der Waals surface area contributed by atoms with Crippen LogP contribution in [0.3, 0.4) is 0 Å². The van der Waals surface area contributed by atoms with E-state index in [0.717, 1.165) is 24.2 Å². The zero-order valence-electron chi connectivity index (χ0n) is 12.4. The molecule has 2 aromatic heterocycles. The molecule has 0 saturated carbocycles. The molecule has 3 rings (SSSR count). The van der Waals surface area contributed by atoms with Gasteiger partial charge in [0.05, 0.1) is 0 Å². The lowest BCUT2D eigenvalue weighted by molar-refractivity contribution is 1.03. The lowest BCUT2D eigenvalue weighted by atomic mass is 10.1. The van der Waals surface area contributed by atoms with E-state index in [-0.39, 0.29) is 0 Å². The van der Waals surface area contributed by atoms with E-state index in [1.54, 1.807) is 0 Å². The summed E-state index contributed by atoms with van der Waals surface area (Å²) in [4.78, 5) is 7.49. The monoisotopic (exact) mass is 289 g/mol. The molecule has 1 aromatic carbocycles. The summed E-state index contributed by atoms with van der Waals surface area (Å²) in [5, 5.41) is 4.67. The molecule has 2 heterocycles. The number of rotatable bonds is 4. The van der Waals surface area contributed by atoms with Gasteiger partial charge < -0.3 is 10.3 Å². The maximum Gasteiger partial charge on any atom is 0.0487 e. The second-order valence-corrected chi connectivity index (χ2v) is 5.05. The van der Waals surface area contributed by atoms with Gasteiger partial charge in [0.25, 0.3) is 0 Å². The number of fused-ring (bicyclic) bond motifs is 1. The molecule has 0 radical (unpaired) electrons. The fourth-order valence-electron chi connectivity index (χ4n) is 2.38. The number of hydrogen-bond donors (Lipinski definition) is 2. The average molecular weight is 289 g/mol. The maximum atomic E-state index is 4.20. The van der Waals surface area contributed by atoms with E-state index < -0.39 is 0 Å². The number of H-pyrrole nitrogens is 1. The number of nitrogens with zero attached hydrogens (tertiary/aromatic N) is 1. The summed E-state index contributed by atoms with van der Waals surface area (Å²) < 4.78 is 0. The van der Waals surface area contributed by atoms with Gasteiger partial charge in [-0.1, -0.05) is 42.5 Å². The third-order valence-electron chi connectivity index (χ3n) is 3.51. The molecule has 22 heavy (non-hydrogen) atoms. The molecule has 0 fully saturated rings. The SMILES string of the molecule is c1ccccc(NCCc2c[nH]c3ccncc23)cccc1. The highest BCUT2D eigenvalue weighted by molar-refractivity contribution is 5.82. The maximum absolute atomic E-state index is 4.20. The first-order valence-electron chi connectivity index (χ1n) is 7.46. The van der Waals surface area contributed by atoms with Gasteiger partial charge in [-0.25, -0.2) is 0 Å². The average Bonchev–Trinajstić information content (AvgIpc) is 2.97. The van der Waals surface area contributed by atoms with E-state index in [1.165, 1.54) is 10.9 Å². The van der Waals surface area contributed by atoms with Crippen molar-refractivity contribution in [1.29, 1.82) is 0 Å². The van der Waals surface area contributed by atoms with Gasteiger partial charge in [0.15, 0.2) is 0 Å². The zero-order chi connectivity index (χ0) is 15.0. The molecular weight excluding hydrogens is 270 g/mol. The van der Waals surface area contributed by atoms with Crippen molar-refractivity contribution in [2.75, 3.05) is 11.9 Å². The molecule has 0 saturated heterocycles. The molecule has 3 aromatic rings. The largest absolute Gasteiger partial charge is 0.385 e. The van der Waals surface area contributed by atoms with Crippen LogP contribution in [-0.2, 0) is 6.42 Å². The Balaban J connectivity index is 1.68. The Hall–Kier alpha value is -2.81. The molecule has 2 N–H and O–H groups in total. The number of anilines is 1. The van der Waals surface area contributed by atoms with E-state index in [1.807, 2.05) is 60.9 Å². The van der Waals surface area contributed by atoms with Gasteiger partial charge in [0.1, 0.15) is 0 Å².